The molecule has 106 valence electrons. The van der Waals surface area contributed by atoms with Crippen molar-refractivity contribution in [3.8, 4) is 5.75 Å². The summed E-state index contributed by atoms with van der Waals surface area (Å²) in [5, 5.41) is 0.693. The number of hydrogen-bond donors (Lipinski definition) is 0. The van der Waals surface area contributed by atoms with Gasteiger partial charge < -0.3 is 4.74 Å². The van der Waals surface area contributed by atoms with E-state index in [4.69, 9.17) is 27.9 Å². The number of rotatable bonds is 5. The van der Waals surface area contributed by atoms with Crippen LogP contribution in [-0.4, -0.2) is 7.11 Å². The molecule has 0 heterocycles. The van der Waals surface area contributed by atoms with Crippen LogP contribution in [0.4, 0.5) is 0 Å². The fraction of sp³-hybridized carbons (Fsp3) is 0.294. The van der Waals surface area contributed by atoms with Gasteiger partial charge in [-0.3, -0.25) is 0 Å². The van der Waals surface area contributed by atoms with Crippen molar-refractivity contribution in [2.45, 2.75) is 18.7 Å². The summed E-state index contributed by atoms with van der Waals surface area (Å²) in [7, 11) is 1.67. The highest BCUT2D eigenvalue weighted by Gasteiger charge is 2.18. The van der Waals surface area contributed by atoms with Gasteiger partial charge in [-0.15, -0.1) is 11.6 Å². The largest absolute Gasteiger partial charge is 0.496 e. The molecule has 0 amide bonds. The van der Waals surface area contributed by atoms with E-state index in [1.807, 2.05) is 36.4 Å². The lowest BCUT2D eigenvalue weighted by molar-refractivity contribution is 0.405. The molecule has 0 aromatic heterocycles. The zero-order valence-corrected chi connectivity index (χ0v) is 13.2. The fourth-order valence-electron chi connectivity index (χ4n) is 2.32. The van der Waals surface area contributed by atoms with Crippen LogP contribution in [0.25, 0.3) is 0 Å². The van der Waals surface area contributed by atoms with Crippen molar-refractivity contribution in [1.82, 2.24) is 0 Å². The van der Waals surface area contributed by atoms with Crippen LogP contribution in [-0.2, 0) is 6.42 Å². The van der Waals surface area contributed by atoms with Crippen molar-refractivity contribution < 1.29 is 4.74 Å². The molecule has 0 saturated heterocycles. The second-order valence-electron chi connectivity index (χ2n) is 4.95. The minimum atomic E-state index is -0.0279. The maximum Gasteiger partial charge on any atom is 0.122 e. The molecule has 2 aromatic rings. The Bertz CT molecular complexity index is 554. The molecular formula is C17H18Cl2O. The molecule has 0 N–H and O–H groups in total. The predicted octanol–water partition coefficient (Wildman–Crippen LogP) is 5.51. The quantitative estimate of drug-likeness (QED) is 0.662. The summed E-state index contributed by atoms with van der Waals surface area (Å²) >= 11 is 12.6. The Labute approximate surface area is 130 Å². The zero-order chi connectivity index (χ0) is 14.5. The first-order valence-corrected chi connectivity index (χ1v) is 7.44. The number of methoxy groups -OCH3 is 1. The summed E-state index contributed by atoms with van der Waals surface area (Å²) < 4.78 is 5.38. The third-order valence-corrected chi connectivity index (χ3v) is 4.32. The van der Waals surface area contributed by atoms with Gasteiger partial charge in [0.05, 0.1) is 12.5 Å². The Morgan fingerprint density at radius 3 is 2.45 bits per heavy atom. The average molecular weight is 309 g/mol. The molecular weight excluding hydrogens is 291 g/mol. The van der Waals surface area contributed by atoms with Crippen LogP contribution >= 0.6 is 23.2 Å². The Morgan fingerprint density at radius 2 is 1.80 bits per heavy atom. The number of hydrogen-bond acceptors (Lipinski definition) is 1. The van der Waals surface area contributed by atoms with Crippen LogP contribution in [0.15, 0.2) is 48.5 Å². The van der Waals surface area contributed by atoms with Gasteiger partial charge >= 0.3 is 0 Å². The minimum Gasteiger partial charge on any atom is -0.496 e. The summed E-state index contributed by atoms with van der Waals surface area (Å²) in [5.74, 6) is 1.14. The zero-order valence-electron chi connectivity index (χ0n) is 11.6. The number of alkyl halides is 1. The molecule has 0 aliphatic carbocycles. The van der Waals surface area contributed by atoms with Crippen molar-refractivity contribution in [2.24, 2.45) is 5.92 Å². The third-order valence-electron chi connectivity index (χ3n) is 3.40. The van der Waals surface area contributed by atoms with E-state index in [0.717, 1.165) is 28.3 Å². The van der Waals surface area contributed by atoms with Gasteiger partial charge in [0.1, 0.15) is 5.75 Å². The first-order valence-electron chi connectivity index (χ1n) is 6.63. The van der Waals surface area contributed by atoms with Crippen LogP contribution in [0.3, 0.4) is 0 Å². The van der Waals surface area contributed by atoms with E-state index >= 15 is 0 Å². The molecule has 1 nitrogen and oxygen atoms in total. The second kappa shape index (κ2) is 7.01. The summed E-state index contributed by atoms with van der Waals surface area (Å²) in [5.41, 5.74) is 2.23. The van der Waals surface area contributed by atoms with E-state index in [1.54, 1.807) is 7.11 Å². The van der Waals surface area contributed by atoms with Crippen LogP contribution in [0, 0.1) is 5.92 Å². The highest BCUT2D eigenvalue weighted by Crippen LogP contribution is 2.33. The van der Waals surface area contributed by atoms with Crippen LogP contribution in [0.5, 0.6) is 5.75 Å². The van der Waals surface area contributed by atoms with Gasteiger partial charge in [-0.1, -0.05) is 48.9 Å². The van der Waals surface area contributed by atoms with Crippen molar-refractivity contribution in [2.75, 3.05) is 7.11 Å². The first-order chi connectivity index (χ1) is 9.61. The van der Waals surface area contributed by atoms with Gasteiger partial charge in [-0.2, -0.15) is 0 Å². The number of ether oxygens (including phenoxy) is 1. The molecule has 0 aliphatic heterocycles. The second-order valence-corrected chi connectivity index (χ2v) is 5.86. The van der Waals surface area contributed by atoms with Gasteiger partial charge in [0.2, 0.25) is 0 Å². The Kier molecular flexibility index (Phi) is 5.33. The number of benzene rings is 2. The van der Waals surface area contributed by atoms with Crippen molar-refractivity contribution in [1.29, 1.82) is 0 Å². The SMILES string of the molecule is COc1ccc(Cl)cc1CC(C)C(Cl)c1ccccc1. The average Bonchev–Trinajstić information content (AvgIpc) is 2.47. The Hall–Kier alpha value is -1.18. The van der Waals surface area contributed by atoms with E-state index in [1.165, 1.54) is 0 Å². The molecule has 0 fully saturated rings. The van der Waals surface area contributed by atoms with Gasteiger partial charge in [-0.05, 0) is 41.7 Å². The lowest BCUT2D eigenvalue weighted by atomic mass is 9.93. The van der Waals surface area contributed by atoms with Gasteiger partial charge in [0.15, 0.2) is 0 Å². The molecule has 3 heteroatoms. The van der Waals surface area contributed by atoms with Crippen molar-refractivity contribution in [3.05, 3.63) is 64.7 Å². The molecule has 0 saturated carbocycles. The summed E-state index contributed by atoms with van der Waals surface area (Å²) in [4.78, 5) is 0. The maximum absolute atomic E-state index is 6.57. The fourth-order valence-corrected chi connectivity index (χ4v) is 2.75. The summed E-state index contributed by atoms with van der Waals surface area (Å²) in [6, 6.07) is 15.8. The van der Waals surface area contributed by atoms with E-state index < -0.39 is 0 Å². The maximum atomic E-state index is 6.57. The summed E-state index contributed by atoms with van der Waals surface area (Å²) in [6.07, 6.45) is 0.826. The molecule has 2 atom stereocenters. The van der Waals surface area contributed by atoms with Gasteiger partial charge in [0.25, 0.3) is 0 Å². The van der Waals surface area contributed by atoms with Gasteiger partial charge in [-0.25, -0.2) is 0 Å². The molecule has 2 unspecified atom stereocenters. The monoisotopic (exact) mass is 308 g/mol. The van der Waals surface area contributed by atoms with Crippen molar-refractivity contribution in [3.63, 3.8) is 0 Å². The summed E-state index contributed by atoms with van der Waals surface area (Å²) in [6.45, 7) is 2.14. The van der Waals surface area contributed by atoms with Crippen LogP contribution < -0.4 is 4.74 Å². The van der Waals surface area contributed by atoms with Crippen LogP contribution in [0.1, 0.15) is 23.4 Å². The third kappa shape index (κ3) is 3.68. The molecule has 0 bridgehead atoms. The molecule has 2 aromatic carbocycles. The lowest BCUT2D eigenvalue weighted by Crippen LogP contribution is -2.08. The van der Waals surface area contributed by atoms with Crippen molar-refractivity contribution >= 4 is 23.2 Å². The molecule has 0 aliphatic rings. The molecule has 20 heavy (non-hydrogen) atoms. The highest BCUT2D eigenvalue weighted by atomic mass is 35.5. The van der Waals surface area contributed by atoms with E-state index in [9.17, 15) is 0 Å². The first kappa shape index (κ1) is 15.2. The van der Waals surface area contributed by atoms with Crippen LogP contribution in [0.2, 0.25) is 5.02 Å². The number of halogens is 2. The molecule has 0 radical (unpaired) electrons. The van der Waals surface area contributed by atoms with Gasteiger partial charge in [0, 0.05) is 5.02 Å². The Balaban J connectivity index is 2.15. The Morgan fingerprint density at radius 1 is 1.10 bits per heavy atom. The van der Waals surface area contributed by atoms with E-state index in [-0.39, 0.29) is 11.3 Å². The molecule has 2 rings (SSSR count). The minimum absolute atomic E-state index is 0.0279. The standard InChI is InChI=1S/C17H18Cl2O/c1-12(17(19)13-6-4-3-5-7-13)10-14-11-15(18)8-9-16(14)20-2/h3-9,11-12,17H,10H2,1-2H3. The molecule has 0 spiro atoms. The van der Waals surface area contributed by atoms with E-state index in [0.29, 0.717) is 0 Å². The smallest absolute Gasteiger partial charge is 0.122 e. The highest BCUT2D eigenvalue weighted by molar-refractivity contribution is 6.30. The normalized spacial score (nSPS) is 13.8. The van der Waals surface area contributed by atoms with E-state index in [2.05, 4.69) is 19.1 Å². The lowest BCUT2D eigenvalue weighted by Gasteiger charge is -2.20. The topological polar surface area (TPSA) is 9.23 Å². The predicted molar refractivity (Wildman–Crippen MR) is 85.9 cm³/mol.